The number of para-hydroxylation sites is 1. The van der Waals surface area contributed by atoms with Crippen molar-refractivity contribution >= 4 is 57.3 Å². The molecule has 0 aliphatic carbocycles. The highest BCUT2D eigenvalue weighted by molar-refractivity contribution is 8.18. The molecule has 2 aromatic rings. The van der Waals surface area contributed by atoms with E-state index in [0.717, 1.165) is 17.4 Å². The molecule has 2 heterocycles. The highest BCUT2D eigenvalue weighted by Gasteiger charge is 2.38. The summed E-state index contributed by atoms with van der Waals surface area (Å²) >= 11 is 6.93. The minimum atomic E-state index is -0.383. The Balaban J connectivity index is 1.74. The molecule has 0 radical (unpaired) electrons. The standard InChI is InChI=1S/C19H13ClFN3O2S/c20-9-10-24-14-4-2-1-3-13(14)15(18(24)26)16-17(25)23-19(27-16)22-12-7-5-11(21)6-8-12/h1-8H,9-10H2,(H,22,23,25)/b16-15-. The predicted molar refractivity (Wildman–Crippen MR) is 106 cm³/mol. The summed E-state index contributed by atoms with van der Waals surface area (Å²) in [5.41, 5.74) is 2.30. The summed E-state index contributed by atoms with van der Waals surface area (Å²) in [5.74, 6) is -0.707. The fourth-order valence-electron chi connectivity index (χ4n) is 2.98. The zero-order valence-corrected chi connectivity index (χ0v) is 15.5. The van der Waals surface area contributed by atoms with Crippen LogP contribution in [0.2, 0.25) is 0 Å². The summed E-state index contributed by atoms with van der Waals surface area (Å²) in [6.07, 6.45) is 0. The molecule has 1 saturated heterocycles. The zero-order chi connectivity index (χ0) is 19.0. The van der Waals surface area contributed by atoms with Gasteiger partial charge in [-0.05, 0) is 42.1 Å². The average molecular weight is 402 g/mol. The highest BCUT2D eigenvalue weighted by Crippen LogP contribution is 2.42. The van der Waals surface area contributed by atoms with Gasteiger partial charge in [0.1, 0.15) is 5.82 Å². The number of thioether (sulfide) groups is 1. The topological polar surface area (TPSA) is 61.8 Å². The molecule has 0 unspecified atom stereocenters. The van der Waals surface area contributed by atoms with E-state index in [2.05, 4.69) is 10.3 Å². The molecule has 5 nitrogen and oxygen atoms in total. The first kappa shape index (κ1) is 17.8. The van der Waals surface area contributed by atoms with Gasteiger partial charge in [0.25, 0.3) is 11.8 Å². The quantitative estimate of drug-likeness (QED) is 0.630. The summed E-state index contributed by atoms with van der Waals surface area (Å²) < 4.78 is 13.0. The second-order valence-corrected chi connectivity index (χ2v) is 7.19. The van der Waals surface area contributed by atoms with Gasteiger partial charge in [-0.25, -0.2) is 9.38 Å². The normalized spacial score (nSPS) is 20.4. The number of hydrogen-bond donors (Lipinski definition) is 1. The molecule has 8 heteroatoms. The number of nitrogens with zero attached hydrogens (tertiary/aromatic N) is 2. The Labute approximate surface area is 163 Å². The number of rotatable bonds is 3. The highest BCUT2D eigenvalue weighted by atomic mass is 35.5. The SMILES string of the molecule is O=C1NC(=Nc2ccc(F)cc2)S/C1=C1\C(=O)N(CCCl)c2ccccc21. The van der Waals surface area contributed by atoms with Crippen molar-refractivity contribution in [1.82, 2.24) is 5.32 Å². The third-order valence-corrected chi connectivity index (χ3v) is 5.29. The van der Waals surface area contributed by atoms with Crippen LogP contribution < -0.4 is 10.2 Å². The second-order valence-electron chi connectivity index (χ2n) is 5.82. The number of benzene rings is 2. The number of carbonyl (C=O) groups is 2. The van der Waals surface area contributed by atoms with Crippen molar-refractivity contribution in [2.24, 2.45) is 4.99 Å². The van der Waals surface area contributed by atoms with E-state index < -0.39 is 0 Å². The minimum absolute atomic E-state index is 0.252. The third kappa shape index (κ3) is 3.24. The first-order valence-corrected chi connectivity index (χ1v) is 9.48. The van der Waals surface area contributed by atoms with Crippen molar-refractivity contribution in [3.63, 3.8) is 0 Å². The summed E-state index contributed by atoms with van der Waals surface area (Å²) in [6.45, 7) is 0.358. The van der Waals surface area contributed by atoms with Crippen LogP contribution in [0.5, 0.6) is 0 Å². The Kier molecular flexibility index (Phi) is 4.72. The van der Waals surface area contributed by atoms with Crippen molar-refractivity contribution in [2.75, 3.05) is 17.3 Å². The van der Waals surface area contributed by atoms with Crippen LogP contribution in [0, 0.1) is 5.82 Å². The summed E-state index contributed by atoms with van der Waals surface area (Å²) in [4.78, 5) is 31.6. The number of hydrogen-bond acceptors (Lipinski definition) is 4. The average Bonchev–Trinajstić information content (AvgIpc) is 3.15. The maximum Gasteiger partial charge on any atom is 0.264 e. The van der Waals surface area contributed by atoms with Crippen LogP contribution in [0.3, 0.4) is 0 Å². The third-order valence-electron chi connectivity index (χ3n) is 4.14. The van der Waals surface area contributed by atoms with Gasteiger partial charge in [0, 0.05) is 18.0 Å². The lowest BCUT2D eigenvalue weighted by atomic mass is 10.1. The van der Waals surface area contributed by atoms with Gasteiger partial charge in [-0.1, -0.05) is 18.2 Å². The van der Waals surface area contributed by atoms with Crippen molar-refractivity contribution in [2.45, 2.75) is 0 Å². The smallest absolute Gasteiger partial charge is 0.264 e. The summed E-state index contributed by atoms with van der Waals surface area (Å²) in [5, 5.41) is 3.01. The predicted octanol–water partition coefficient (Wildman–Crippen LogP) is 3.67. The molecule has 1 N–H and O–H groups in total. The van der Waals surface area contributed by atoms with Gasteiger partial charge >= 0.3 is 0 Å². The molecule has 1 fully saturated rings. The minimum Gasteiger partial charge on any atom is -0.306 e. The van der Waals surface area contributed by atoms with Crippen molar-refractivity contribution < 1.29 is 14.0 Å². The van der Waals surface area contributed by atoms with Gasteiger partial charge in [-0.2, -0.15) is 0 Å². The Morgan fingerprint density at radius 3 is 2.59 bits per heavy atom. The summed E-state index contributed by atoms with van der Waals surface area (Å²) in [7, 11) is 0. The van der Waals surface area contributed by atoms with Crippen LogP contribution in [-0.2, 0) is 9.59 Å². The molecule has 136 valence electrons. The number of halogens is 2. The maximum atomic E-state index is 13.0. The Hall–Kier alpha value is -2.64. The van der Waals surface area contributed by atoms with Gasteiger partial charge in [0.2, 0.25) is 0 Å². The van der Waals surface area contributed by atoms with E-state index in [0.29, 0.717) is 39.3 Å². The molecule has 0 bridgehead atoms. The number of anilines is 1. The van der Waals surface area contributed by atoms with Gasteiger partial charge in [0.05, 0.1) is 21.9 Å². The van der Waals surface area contributed by atoms with E-state index in [9.17, 15) is 14.0 Å². The molecule has 2 aliphatic heterocycles. The van der Waals surface area contributed by atoms with E-state index in [1.807, 2.05) is 24.3 Å². The van der Waals surface area contributed by atoms with Crippen LogP contribution in [0.15, 0.2) is 58.4 Å². The first-order chi connectivity index (χ1) is 13.1. The molecule has 0 aromatic heterocycles. The van der Waals surface area contributed by atoms with Gasteiger partial charge in [0.15, 0.2) is 5.17 Å². The summed E-state index contributed by atoms with van der Waals surface area (Å²) in [6, 6.07) is 12.9. The maximum absolute atomic E-state index is 13.0. The molecule has 4 rings (SSSR count). The lowest BCUT2D eigenvalue weighted by Gasteiger charge is -2.14. The fourth-order valence-corrected chi connectivity index (χ4v) is 4.08. The molecular weight excluding hydrogens is 389 g/mol. The molecule has 0 atom stereocenters. The van der Waals surface area contributed by atoms with Crippen LogP contribution in [0.1, 0.15) is 5.56 Å². The van der Waals surface area contributed by atoms with Crippen LogP contribution in [0.25, 0.3) is 5.57 Å². The molecule has 0 spiro atoms. The largest absolute Gasteiger partial charge is 0.306 e. The lowest BCUT2D eigenvalue weighted by Crippen LogP contribution is -2.29. The number of carbonyl (C=O) groups excluding carboxylic acids is 2. The zero-order valence-electron chi connectivity index (χ0n) is 13.9. The van der Waals surface area contributed by atoms with Gasteiger partial charge < -0.3 is 10.2 Å². The number of amides is 2. The molecule has 27 heavy (non-hydrogen) atoms. The van der Waals surface area contributed by atoms with Crippen molar-refractivity contribution in [3.8, 4) is 0 Å². The monoisotopic (exact) mass is 401 g/mol. The lowest BCUT2D eigenvalue weighted by molar-refractivity contribution is -0.116. The van der Waals surface area contributed by atoms with Crippen LogP contribution in [0.4, 0.5) is 15.8 Å². The molecule has 2 amide bonds. The number of nitrogens with one attached hydrogen (secondary N) is 1. The molecule has 2 aliphatic rings. The van der Waals surface area contributed by atoms with E-state index in [4.69, 9.17) is 11.6 Å². The number of amidine groups is 1. The first-order valence-electron chi connectivity index (χ1n) is 8.13. The Bertz CT molecular complexity index is 1000. The van der Waals surface area contributed by atoms with Crippen LogP contribution in [-0.4, -0.2) is 29.4 Å². The van der Waals surface area contributed by atoms with Gasteiger partial charge in [-0.15, -0.1) is 11.6 Å². The number of fused-ring (bicyclic) bond motifs is 1. The Morgan fingerprint density at radius 1 is 1.11 bits per heavy atom. The van der Waals surface area contributed by atoms with E-state index in [1.165, 1.54) is 24.3 Å². The molecule has 0 saturated carbocycles. The molecule has 2 aromatic carbocycles. The van der Waals surface area contributed by atoms with E-state index in [-0.39, 0.29) is 17.6 Å². The van der Waals surface area contributed by atoms with E-state index in [1.54, 1.807) is 4.90 Å². The number of aliphatic imine (C=N–C) groups is 1. The van der Waals surface area contributed by atoms with Gasteiger partial charge in [-0.3, -0.25) is 9.59 Å². The second kappa shape index (κ2) is 7.17. The molecular formula is C19H13ClFN3O2S. The van der Waals surface area contributed by atoms with Crippen molar-refractivity contribution in [1.29, 1.82) is 0 Å². The number of alkyl halides is 1. The van der Waals surface area contributed by atoms with E-state index >= 15 is 0 Å². The van der Waals surface area contributed by atoms with Crippen molar-refractivity contribution in [3.05, 3.63) is 64.8 Å². The fraction of sp³-hybridized carbons (Fsp3) is 0.105. The van der Waals surface area contributed by atoms with Crippen LogP contribution >= 0.6 is 23.4 Å². The Morgan fingerprint density at radius 2 is 1.85 bits per heavy atom.